The summed E-state index contributed by atoms with van der Waals surface area (Å²) < 4.78 is 0.952. The maximum Gasteiger partial charge on any atom is 0.319 e. The number of rotatable bonds is 3. The number of nitrogens with one attached hydrogen (secondary N) is 3. The fourth-order valence-electron chi connectivity index (χ4n) is 1.89. The molecule has 1 saturated heterocycles. The summed E-state index contributed by atoms with van der Waals surface area (Å²) in [6.07, 6.45) is 2.33. The summed E-state index contributed by atoms with van der Waals surface area (Å²) in [7, 11) is 0. The average Bonchev–Trinajstić information content (AvgIpc) is 2.79. The van der Waals surface area contributed by atoms with Crippen LogP contribution in [0.5, 0.6) is 0 Å². The molecule has 1 fully saturated rings. The van der Waals surface area contributed by atoms with Crippen molar-refractivity contribution in [2.24, 2.45) is 0 Å². The summed E-state index contributed by atoms with van der Waals surface area (Å²) in [6.45, 7) is 1.74. The first-order chi connectivity index (χ1) is 8.24. The normalized spacial score (nSPS) is 19.0. The van der Waals surface area contributed by atoms with Gasteiger partial charge in [0.25, 0.3) is 0 Å². The number of carbonyl (C=O) groups excluding carboxylic acids is 1. The molecule has 0 aliphatic carbocycles. The Morgan fingerprint density at radius 3 is 3.12 bits per heavy atom. The largest absolute Gasteiger partial charge is 0.336 e. The van der Waals surface area contributed by atoms with Gasteiger partial charge in [-0.3, -0.25) is 0 Å². The molecule has 1 atom stereocenters. The lowest BCUT2D eigenvalue weighted by Gasteiger charge is -2.12. The Bertz CT molecular complexity index is 391. The number of halogens is 1. The molecule has 17 heavy (non-hydrogen) atoms. The Kier molecular flexibility index (Phi) is 4.39. The predicted molar refractivity (Wildman–Crippen MR) is 72.2 cm³/mol. The van der Waals surface area contributed by atoms with Crippen LogP contribution in [0.1, 0.15) is 12.8 Å². The lowest BCUT2D eigenvalue weighted by molar-refractivity contribution is 0.251. The molecular weight excluding hydrogens is 282 g/mol. The summed E-state index contributed by atoms with van der Waals surface area (Å²) in [5.41, 5.74) is 0.788. The van der Waals surface area contributed by atoms with Crippen LogP contribution in [0.25, 0.3) is 0 Å². The average molecular weight is 298 g/mol. The Morgan fingerprint density at radius 1 is 1.53 bits per heavy atom. The molecular formula is C12H16BrN3O. The molecule has 0 bridgehead atoms. The maximum absolute atomic E-state index is 11.6. The smallest absolute Gasteiger partial charge is 0.319 e. The topological polar surface area (TPSA) is 53.2 Å². The van der Waals surface area contributed by atoms with E-state index in [1.54, 1.807) is 0 Å². The zero-order valence-electron chi connectivity index (χ0n) is 9.50. The van der Waals surface area contributed by atoms with Crippen LogP contribution < -0.4 is 16.0 Å². The second kappa shape index (κ2) is 6.02. The lowest BCUT2D eigenvalue weighted by atomic mass is 10.2. The van der Waals surface area contributed by atoms with Gasteiger partial charge in [0.1, 0.15) is 0 Å². The fourth-order valence-corrected chi connectivity index (χ4v) is 2.29. The van der Waals surface area contributed by atoms with Crippen LogP contribution in [0.15, 0.2) is 28.7 Å². The summed E-state index contributed by atoms with van der Waals surface area (Å²) in [6, 6.07) is 7.80. The monoisotopic (exact) mass is 297 g/mol. The van der Waals surface area contributed by atoms with Crippen molar-refractivity contribution < 1.29 is 4.79 Å². The summed E-state index contributed by atoms with van der Waals surface area (Å²) in [5.74, 6) is 0. The molecule has 1 aromatic rings. The predicted octanol–water partition coefficient (Wildman–Crippen LogP) is 2.32. The molecule has 2 amide bonds. The van der Waals surface area contributed by atoms with Crippen molar-refractivity contribution in [1.82, 2.24) is 10.6 Å². The highest BCUT2D eigenvalue weighted by Gasteiger charge is 2.14. The number of amides is 2. The molecule has 1 unspecified atom stereocenters. The first-order valence-electron chi connectivity index (χ1n) is 5.78. The van der Waals surface area contributed by atoms with Gasteiger partial charge in [-0.2, -0.15) is 0 Å². The molecule has 0 radical (unpaired) electrons. The van der Waals surface area contributed by atoms with Crippen LogP contribution in [0.4, 0.5) is 10.5 Å². The van der Waals surface area contributed by atoms with Gasteiger partial charge in [0.2, 0.25) is 0 Å². The summed E-state index contributed by atoms with van der Waals surface area (Å²) >= 11 is 3.36. The standard InChI is InChI=1S/C12H16BrN3O/c13-9-3-1-4-10(7-9)16-12(17)15-8-11-5-2-6-14-11/h1,3-4,7,11,14H,2,5-6,8H2,(H2,15,16,17). The van der Waals surface area contributed by atoms with Crippen molar-refractivity contribution in [3.8, 4) is 0 Å². The minimum absolute atomic E-state index is 0.156. The third-order valence-electron chi connectivity index (χ3n) is 2.75. The van der Waals surface area contributed by atoms with Crippen LogP contribution in [-0.4, -0.2) is 25.2 Å². The van der Waals surface area contributed by atoms with E-state index < -0.39 is 0 Å². The third-order valence-corrected chi connectivity index (χ3v) is 3.25. The quantitative estimate of drug-likeness (QED) is 0.802. The van der Waals surface area contributed by atoms with Gasteiger partial charge < -0.3 is 16.0 Å². The molecule has 0 spiro atoms. The second-order valence-electron chi connectivity index (χ2n) is 4.14. The number of benzene rings is 1. The van der Waals surface area contributed by atoms with Gasteiger partial charge in [0, 0.05) is 22.7 Å². The van der Waals surface area contributed by atoms with Crippen LogP contribution in [0.3, 0.4) is 0 Å². The molecule has 0 saturated carbocycles. The van der Waals surface area contributed by atoms with E-state index >= 15 is 0 Å². The molecule has 1 aromatic carbocycles. The Hall–Kier alpha value is -1.07. The van der Waals surface area contributed by atoms with E-state index in [0.717, 1.165) is 23.1 Å². The number of hydrogen-bond acceptors (Lipinski definition) is 2. The van der Waals surface area contributed by atoms with Gasteiger partial charge in [-0.1, -0.05) is 22.0 Å². The molecule has 1 aliphatic heterocycles. The molecule has 1 heterocycles. The van der Waals surface area contributed by atoms with Gasteiger partial charge in [-0.25, -0.2) is 4.79 Å². The maximum atomic E-state index is 11.6. The zero-order chi connectivity index (χ0) is 12.1. The minimum Gasteiger partial charge on any atom is -0.336 e. The van der Waals surface area contributed by atoms with Crippen molar-refractivity contribution in [1.29, 1.82) is 0 Å². The number of carbonyl (C=O) groups is 1. The number of hydrogen-bond donors (Lipinski definition) is 3. The van der Waals surface area contributed by atoms with Gasteiger partial charge in [0.05, 0.1) is 0 Å². The highest BCUT2D eigenvalue weighted by atomic mass is 79.9. The van der Waals surface area contributed by atoms with Gasteiger partial charge in [-0.05, 0) is 37.6 Å². The molecule has 5 heteroatoms. The summed E-state index contributed by atoms with van der Waals surface area (Å²) in [4.78, 5) is 11.6. The van der Waals surface area contributed by atoms with Crippen molar-refractivity contribution >= 4 is 27.6 Å². The fraction of sp³-hybridized carbons (Fsp3) is 0.417. The first kappa shape index (κ1) is 12.4. The Labute approximate surface area is 109 Å². The molecule has 0 aromatic heterocycles. The molecule has 1 aliphatic rings. The van der Waals surface area contributed by atoms with E-state index in [4.69, 9.17) is 0 Å². The van der Waals surface area contributed by atoms with Crippen molar-refractivity contribution in [3.05, 3.63) is 28.7 Å². The Balaban J connectivity index is 1.76. The van der Waals surface area contributed by atoms with E-state index in [2.05, 4.69) is 31.9 Å². The van der Waals surface area contributed by atoms with Crippen LogP contribution in [-0.2, 0) is 0 Å². The lowest BCUT2D eigenvalue weighted by Crippen LogP contribution is -2.39. The van der Waals surface area contributed by atoms with Crippen LogP contribution in [0.2, 0.25) is 0 Å². The highest BCUT2D eigenvalue weighted by Crippen LogP contribution is 2.15. The third kappa shape index (κ3) is 4.02. The Morgan fingerprint density at radius 2 is 2.41 bits per heavy atom. The van der Waals surface area contributed by atoms with E-state index in [9.17, 15) is 4.79 Å². The molecule has 3 N–H and O–H groups in total. The SMILES string of the molecule is O=C(NCC1CCCN1)Nc1cccc(Br)c1. The minimum atomic E-state index is -0.156. The van der Waals surface area contributed by atoms with Crippen LogP contribution >= 0.6 is 15.9 Å². The van der Waals surface area contributed by atoms with E-state index in [0.29, 0.717) is 12.6 Å². The van der Waals surface area contributed by atoms with Gasteiger partial charge in [0.15, 0.2) is 0 Å². The van der Waals surface area contributed by atoms with Crippen molar-refractivity contribution in [2.45, 2.75) is 18.9 Å². The highest BCUT2D eigenvalue weighted by molar-refractivity contribution is 9.10. The van der Waals surface area contributed by atoms with Gasteiger partial charge in [-0.15, -0.1) is 0 Å². The molecule has 2 rings (SSSR count). The molecule has 4 nitrogen and oxygen atoms in total. The molecule has 92 valence electrons. The number of urea groups is 1. The first-order valence-corrected chi connectivity index (χ1v) is 6.57. The van der Waals surface area contributed by atoms with Crippen molar-refractivity contribution in [3.63, 3.8) is 0 Å². The van der Waals surface area contributed by atoms with Crippen molar-refractivity contribution in [2.75, 3.05) is 18.4 Å². The number of anilines is 1. The van der Waals surface area contributed by atoms with E-state index in [-0.39, 0.29) is 6.03 Å². The van der Waals surface area contributed by atoms with E-state index in [1.165, 1.54) is 6.42 Å². The van der Waals surface area contributed by atoms with E-state index in [1.807, 2.05) is 24.3 Å². The van der Waals surface area contributed by atoms with Gasteiger partial charge >= 0.3 is 6.03 Å². The second-order valence-corrected chi connectivity index (χ2v) is 5.05. The summed E-state index contributed by atoms with van der Waals surface area (Å²) in [5, 5.41) is 9.00. The van der Waals surface area contributed by atoms with Crippen LogP contribution in [0, 0.1) is 0 Å². The zero-order valence-corrected chi connectivity index (χ0v) is 11.1.